The highest BCUT2D eigenvalue weighted by Gasteiger charge is 2.30. The van der Waals surface area contributed by atoms with E-state index in [0.717, 1.165) is 27.1 Å². The second kappa shape index (κ2) is 5.57. The number of hydrogen-bond acceptors (Lipinski definition) is 5. The van der Waals surface area contributed by atoms with Crippen molar-refractivity contribution in [2.75, 3.05) is 18.5 Å². The molecule has 0 fully saturated rings. The number of nitrogens with zero attached hydrogens (tertiary/aromatic N) is 2. The van der Waals surface area contributed by atoms with Crippen LogP contribution in [0.5, 0.6) is 0 Å². The lowest BCUT2D eigenvalue weighted by atomic mass is 10.1. The third-order valence-electron chi connectivity index (χ3n) is 3.55. The van der Waals surface area contributed by atoms with E-state index in [9.17, 15) is 9.59 Å². The van der Waals surface area contributed by atoms with Gasteiger partial charge < -0.3 is 10.4 Å². The van der Waals surface area contributed by atoms with Crippen LogP contribution < -0.4 is 5.32 Å². The summed E-state index contributed by atoms with van der Waals surface area (Å²) in [5.74, 6) is -0.849. The van der Waals surface area contributed by atoms with E-state index in [1.54, 1.807) is 6.20 Å². The molecule has 0 spiro atoms. The summed E-state index contributed by atoms with van der Waals surface area (Å²) in [5, 5.41) is 12.9. The van der Waals surface area contributed by atoms with Crippen molar-refractivity contribution in [2.24, 2.45) is 0 Å². The normalized spacial score (nSPS) is 14.6. The quantitative estimate of drug-likeness (QED) is 0.829. The number of benzene rings is 1. The highest BCUT2D eigenvalue weighted by Crippen LogP contribution is 2.24. The van der Waals surface area contributed by atoms with Gasteiger partial charge in [0.1, 0.15) is 5.70 Å². The van der Waals surface area contributed by atoms with Crippen molar-refractivity contribution in [3.8, 4) is 0 Å². The second-order valence-corrected chi connectivity index (χ2v) is 5.06. The van der Waals surface area contributed by atoms with E-state index in [-0.39, 0.29) is 18.8 Å². The molecule has 3 rings (SSSR count). The Bertz CT molecular complexity index is 798. The molecule has 6 heteroatoms. The van der Waals surface area contributed by atoms with Gasteiger partial charge in [0, 0.05) is 23.3 Å². The third-order valence-corrected chi connectivity index (χ3v) is 3.55. The molecule has 6 nitrogen and oxygen atoms in total. The molecule has 22 heavy (non-hydrogen) atoms. The summed E-state index contributed by atoms with van der Waals surface area (Å²) in [6.07, 6.45) is 2.95. The fraction of sp³-hybridized carbons (Fsp3) is 0.188. The molecule has 0 aliphatic carbocycles. The molecule has 0 bridgehead atoms. The number of aliphatic hydroxyl groups excluding tert-OH is 1. The molecule has 112 valence electrons. The summed E-state index contributed by atoms with van der Waals surface area (Å²) in [7, 11) is 0. The van der Waals surface area contributed by atoms with Gasteiger partial charge in [-0.1, -0.05) is 6.07 Å². The maximum absolute atomic E-state index is 12.1. The van der Waals surface area contributed by atoms with Gasteiger partial charge in [-0.3, -0.25) is 19.5 Å². The number of β-amino-alcohol motifs (C(OH)–C–C–N with tert-alkyl or cyclic N) is 1. The number of carbonyl (C=O) groups is 2. The molecule has 2 amide bonds. The maximum Gasteiger partial charge on any atom is 0.277 e. The van der Waals surface area contributed by atoms with Crippen molar-refractivity contribution in [3.63, 3.8) is 0 Å². The average Bonchev–Trinajstić information content (AvgIpc) is 2.76. The monoisotopic (exact) mass is 297 g/mol. The van der Waals surface area contributed by atoms with Crippen LogP contribution in [0.15, 0.2) is 42.2 Å². The number of aryl methyl sites for hydroxylation is 1. The standard InChI is InChI=1S/C16H15N3O3/c1-10-7-11-3-2-4-17-13(11)8-12(10)18-14-9-15(21)19(5-6-20)16(14)22/h2-4,7-9,18,20H,5-6H2,1H3. The zero-order chi connectivity index (χ0) is 15.7. The smallest absolute Gasteiger partial charge is 0.277 e. The minimum Gasteiger partial charge on any atom is -0.395 e. The number of rotatable bonds is 4. The number of aliphatic hydroxyl groups is 1. The van der Waals surface area contributed by atoms with Crippen molar-refractivity contribution >= 4 is 28.4 Å². The zero-order valence-corrected chi connectivity index (χ0v) is 12.0. The van der Waals surface area contributed by atoms with Crippen molar-refractivity contribution < 1.29 is 14.7 Å². The van der Waals surface area contributed by atoms with Crippen LogP contribution >= 0.6 is 0 Å². The summed E-state index contributed by atoms with van der Waals surface area (Å²) in [6.45, 7) is 1.66. The van der Waals surface area contributed by atoms with Crippen LogP contribution in [0.2, 0.25) is 0 Å². The minimum atomic E-state index is -0.431. The lowest BCUT2D eigenvalue weighted by Crippen LogP contribution is -2.34. The second-order valence-electron chi connectivity index (χ2n) is 5.06. The van der Waals surface area contributed by atoms with Crippen LogP contribution in [0.3, 0.4) is 0 Å². The molecule has 2 aromatic rings. The minimum absolute atomic E-state index is 0.00238. The molecule has 1 aliphatic heterocycles. The Morgan fingerprint density at radius 1 is 1.32 bits per heavy atom. The summed E-state index contributed by atoms with van der Waals surface area (Å²) >= 11 is 0. The van der Waals surface area contributed by atoms with E-state index in [1.807, 2.05) is 31.2 Å². The Kier molecular flexibility index (Phi) is 3.60. The van der Waals surface area contributed by atoms with Crippen LogP contribution in [0.1, 0.15) is 5.56 Å². The van der Waals surface area contributed by atoms with E-state index < -0.39 is 11.8 Å². The van der Waals surface area contributed by atoms with Crippen LogP contribution in [-0.2, 0) is 9.59 Å². The van der Waals surface area contributed by atoms with Gasteiger partial charge in [-0.15, -0.1) is 0 Å². The van der Waals surface area contributed by atoms with Gasteiger partial charge in [-0.25, -0.2) is 0 Å². The topological polar surface area (TPSA) is 82.5 Å². The highest BCUT2D eigenvalue weighted by molar-refractivity contribution is 6.17. The molecule has 1 aromatic carbocycles. The summed E-state index contributed by atoms with van der Waals surface area (Å²) < 4.78 is 0. The molecule has 0 saturated carbocycles. The first-order chi connectivity index (χ1) is 10.6. The first-order valence-corrected chi connectivity index (χ1v) is 6.91. The lowest BCUT2D eigenvalue weighted by molar-refractivity contribution is -0.137. The van der Waals surface area contributed by atoms with E-state index in [0.29, 0.717) is 0 Å². The van der Waals surface area contributed by atoms with Gasteiger partial charge in [0.05, 0.1) is 18.7 Å². The van der Waals surface area contributed by atoms with Gasteiger partial charge in [0.2, 0.25) is 0 Å². The van der Waals surface area contributed by atoms with Gasteiger partial charge in [-0.2, -0.15) is 0 Å². The maximum atomic E-state index is 12.1. The number of aromatic nitrogens is 1. The van der Waals surface area contributed by atoms with Gasteiger partial charge >= 0.3 is 0 Å². The zero-order valence-electron chi connectivity index (χ0n) is 12.0. The van der Waals surface area contributed by atoms with Crippen LogP contribution in [0.25, 0.3) is 10.9 Å². The van der Waals surface area contributed by atoms with Gasteiger partial charge in [-0.05, 0) is 30.7 Å². The predicted molar refractivity (Wildman–Crippen MR) is 82.0 cm³/mol. The van der Waals surface area contributed by atoms with Crippen molar-refractivity contribution in [2.45, 2.75) is 6.92 Å². The summed E-state index contributed by atoms with van der Waals surface area (Å²) in [5.41, 5.74) is 2.68. The number of fused-ring (bicyclic) bond motifs is 1. The molecule has 0 unspecified atom stereocenters. The van der Waals surface area contributed by atoms with Crippen molar-refractivity contribution in [3.05, 3.63) is 47.8 Å². The van der Waals surface area contributed by atoms with E-state index >= 15 is 0 Å². The van der Waals surface area contributed by atoms with Crippen LogP contribution in [0, 0.1) is 6.92 Å². The van der Waals surface area contributed by atoms with Crippen LogP contribution in [-0.4, -0.2) is 40.0 Å². The fourth-order valence-corrected chi connectivity index (χ4v) is 2.42. The molecule has 2 N–H and O–H groups in total. The number of anilines is 1. The summed E-state index contributed by atoms with van der Waals surface area (Å²) in [6, 6.07) is 7.64. The Balaban J connectivity index is 1.90. The molecule has 2 heterocycles. The highest BCUT2D eigenvalue weighted by atomic mass is 16.3. The lowest BCUT2D eigenvalue weighted by Gasteiger charge is -2.14. The van der Waals surface area contributed by atoms with Gasteiger partial charge in [0.15, 0.2) is 0 Å². The average molecular weight is 297 g/mol. The summed E-state index contributed by atoms with van der Waals surface area (Å²) in [4.78, 5) is 29.2. The van der Waals surface area contributed by atoms with E-state index in [1.165, 1.54) is 6.08 Å². The number of nitrogens with one attached hydrogen (secondary N) is 1. The first kappa shape index (κ1) is 14.2. The molecule has 0 atom stereocenters. The number of amides is 2. The van der Waals surface area contributed by atoms with Gasteiger partial charge in [0.25, 0.3) is 11.8 Å². The van der Waals surface area contributed by atoms with Crippen molar-refractivity contribution in [1.29, 1.82) is 0 Å². The molecule has 0 radical (unpaired) electrons. The molecular weight excluding hydrogens is 282 g/mol. The third kappa shape index (κ3) is 2.44. The van der Waals surface area contributed by atoms with E-state index in [2.05, 4.69) is 10.3 Å². The molecular formula is C16H15N3O3. The largest absolute Gasteiger partial charge is 0.395 e. The SMILES string of the molecule is Cc1cc2cccnc2cc1NC1=CC(=O)N(CCO)C1=O. The van der Waals surface area contributed by atoms with Crippen LogP contribution in [0.4, 0.5) is 5.69 Å². The predicted octanol–water partition coefficient (Wildman–Crippen LogP) is 1.20. The number of imide groups is 1. The number of pyridine rings is 1. The Labute approximate surface area is 127 Å². The van der Waals surface area contributed by atoms with Crippen molar-refractivity contribution in [1.82, 2.24) is 9.88 Å². The molecule has 1 aromatic heterocycles. The molecule has 1 aliphatic rings. The Hall–Kier alpha value is -2.73. The Morgan fingerprint density at radius 3 is 2.91 bits per heavy atom. The fourth-order valence-electron chi connectivity index (χ4n) is 2.42. The molecule has 0 saturated heterocycles. The van der Waals surface area contributed by atoms with E-state index in [4.69, 9.17) is 5.11 Å². The number of hydrogen-bond donors (Lipinski definition) is 2. The first-order valence-electron chi connectivity index (χ1n) is 6.91. The number of carbonyl (C=O) groups excluding carboxylic acids is 2. The Morgan fingerprint density at radius 2 is 2.14 bits per heavy atom.